The highest BCUT2D eigenvalue weighted by Gasteiger charge is 2.55. The van der Waals surface area contributed by atoms with E-state index in [4.69, 9.17) is 4.74 Å². The summed E-state index contributed by atoms with van der Waals surface area (Å²) in [4.78, 5) is 13.9. The molecule has 4 nitrogen and oxygen atoms in total. The molecule has 0 atom stereocenters. The van der Waals surface area contributed by atoms with Gasteiger partial charge in [-0.25, -0.2) is 0 Å². The number of nitrogens with zero attached hydrogens (tertiary/aromatic N) is 1. The summed E-state index contributed by atoms with van der Waals surface area (Å²) in [7, 11) is 1.43. The molecule has 0 aromatic carbocycles. The number of aliphatic hydroxyl groups is 1. The molecule has 112 valence electrons. The lowest BCUT2D eigenvalue weighted by atomic mass is 9.91. The molecule has 1 aliphatic rings. The summed E-state index contributed by atoms with van der Waals surface area (Å²) in [6.07, 6.45) is -5.67. The van der Waals surface area contributed by atoms with Crippen LogP contribution in [-0.4, -0.2) is 47.9 Å². The van der Waals surface area contributed by atoms with Gasteiger partial charge in [0, 0.05) is 25.9 Å². The molecule has 8 heteroatoms. The number of ether oxygens (including phenoxy) is 1. The Morgan fingerprint density at radius 3 is 2.55 bits per heavy atom. The molecule has 1 aromatic rings. The fourth-order valence-electron chi connectivity index (χ4n) is 2.12. The summed E-state index contributed by atoms with van der Waals surface area (Å²) in [5, 5.41) is 11.2. The van der Waals surface area contributed by atoms with Gasteiger partial charge in [0.05, 0.1) is 7.11 Å². The molecule has 2 rings (SSSR count). The van der Waals surface area contributed by atoms with Gasteiger partial charge in [-0.15, -0.1) is 11.3 Å². The van der Waals surface area contributed by atoms with Gasteiger partial charge in [-0.1, -0.05) is 0 Å². The van der Waals surface area contributed by atoms with Gasteiger partial charge in [0.2, 0.25) is 0 Å². The van der Waals surface area contributed by atoms with Gasteiger partial charge in [-0.3, -0.25) is 4.79 Å². The molecule has 0 radical (unpaired) electrons. The fourth-order valence-corrected chi connectivity index (χ4v) is 2.95. The van der Waals surface area contributed by atoms with E-state index in [1.165, 1.54) is 23.3 Å². The van der Waals surface area contributed by atoms with Gasteiger partial charge >= 0.3 is 6.18 Å². The first-order chi connectivity index (χ1) is 9.28. The van der Waals surface area contributed by atoms with Crippen molar-refractivity contribution in [2.45, 2.75) is 24.6 Å². The van der Waals surface area contributed by atoms with E-state index in [0.29, 0.717) is 10.6 Å². The SMILES string of the molecule is COc1ccsc1C(=O)N1CCC(O)(C(F)(F)F)CC1. The molecule has 20 heavy (non-hydrogen) atoms. The second kappa shape index (κ2) is 5.25. The monoisotopic (exact) mass is 309 g/mol. The molecule has 0 saturated carbocycles. The number of halogens is 3. The van der Waals surface area contributed by atoms with E-state index < -0.39 is 24.6 Å². The predicted molar refractivity (Wildman–Crippen MR) is 67.0 cm³/mol. The van der Waals surface area contributed by atoms with Crippen LogP contribution in [0.25, 0.3) is 0 Å². The zero-order chi connectivity index (χ0) is 15.0. The first-order valence-electron chi connectivity index (χ1n) is 5.98. The van der Waals surface area contributed by atoms with Crippen LogP contribution in [0.4, 0.5) is 13.2 Å². The number of alkyl halides is 3. The maximum atomic E-state index is 12.7. The summed E-state index contributed by atoms with van der Waals surface area (Å²) in [5.74, 6) is 0.0535. The number of hydrogen-bond donors (Lipinski definition) is 1. The Morgan fingerprint density at radius 1 is 1.45 bits per heavy atom. The summed E-state index contributed by atoms with van der Waals surface area (Å²) >= 11 is 1.18. The number of piperidine rings is 1. The lowest BCUT2D eigenvalue weighted by molar-refractivity contribution is -0.271. The standard InChI is InChI=1S/C12H14F3NO3S/c1-19-8-2-7-20-9(8)10(17)16-5-3-11(18,4-6-16)12(13,14)15/h2,7,18H,3-6H2,1H3. The van der Waals surface area contributed by atoms with Crippen LogP contribution in [0.3, 0.4) is 0 Å². The van der Waals surface area contributed by atoms with Crippen LogP contribution in [0.5, 0.6) is 5.75 Å². The highest BCUT2D eigenvalue weighted by Crippen LogP contribution is 2.39. The predicted octanol–water partition coefficient (Wildman–Crippen LogP) is 2.29. The Morgan fingerprint density at radius 2 is 2.05 bits per heavy atom. The first-order valence-corrected chi connectivity index (χ1v) is 6.86. The van der Waals surface area contributed by atoms with Gasteiger partial charge in [-0.2, -0.15) is 13.2 Å². The molecule has 0 bridgehead atoms. The maximum absolute atomic E-state index is 12.7. The number of methoxy groups -OCH3 is 1. The van der Waals surface area contributed by atoms with Crippen molar-refractivity contribution in [3.63, 3.8) is 0 Å². The van der Waals surface area contributed by atoms with Crippen molar-refractivity contribution in [3.05, 3.63) is 16.3 Å². The number of carbonyl (C=O) groups is 1. The Bertz CT molecular complexity index is 492. The third-order valence-electron chi connectivity index (χ3n) is 3.45. The third-order valence-corrected chi connectivity index (χ3v) is 4.33. The largest absolute Gasteiger partial charge is 0.495 e. The van der Waals surface area contributed by atoms with E-state index in [1.54, 1.807) is 11.4 Å². The number of carbonyl (C=O) groups excluding carboxylic acids is 1. The van der Waals surface area contributed by atoms with Gasteiger partial charge in [0.25, 0.3) is 5.91 Å². The van der Waals surface area contributed by atoms with E-state index in [9.17, 15) is 23.1 Å². The second-order valence-electron chi connectivity index (χ2n) is 4.64. The molecule has 1 amide bonds. The molecular formula is C12H14F3NO3S. The van der Waals surface area contributed by atoms with Crippen LogP contribution in [0.2, 0.25) is 0 Å². The van der Waals surface area contributed by atoms with Gasteiger partial charge < -0.3 is 14.7 Å². The van der Waals surface area contributed by atoms with Gasteiger partial charge in [0.15, 0.2) is 5.60 Å². The normalized spacial score (nSPS) is 18.9. The molecule has 1 fully saturated rings. The number of likely N-dealkylation sites (tertiary alicyclic amines) is 1. The smallest absolute Gasteiger partial charge is 0.417 e. The van der Waals surface area contributed by atoms with Crippen LogP contribution in [0, 0.1) is 0 Å². The lowest BCUT2D eigenvalue weighted by Gasteiger charge is -2.38. The van der Waals surface area contributed by atoms with E-state index >= 15 is 0 Å². The Balaban J connectivity index is 2.06. The molecule has 1 N–H and O–H groups in total. The van der Waals surface area contributed by atoms with E-state index in [1.807, 2.05) is 0 Å². The average molecular weight is 309 g/mol. The number of rotatable bonds is 2. The van der Waals surface area contributed by atoms with Crippen LogP contribution < -0.4 is 4.74 Å². The molecule has 1 aliphatic heterocycles. The molecule has 0 unspecified atom stereocenters. The molecule has 2 heterocycles. The lowest BCUT2D eigenvalue weighted by Crippen LogP contribution is -2.54. The number of amides is 1. The topological polar surface area (TPSA) is 49.8 Å². The summed E-state index contributed by atoms with van der Waals surface area (Å²) in [5.41, 5.74) is -2.69. The Kier molecular flexibility index (Phi) is 3.97. The van der Waals surface area contributed by atoms with Crippen molar-refractivity contribution < 1.29 is 27.8 Å². The highest BCUT2D eigenvalue weighted by atomic mass is 32.1. The van der Waals surface area contributed by atoms with Crippen LogP contribution in [0.1, 0.15) is 22.5 Å². The van der Waals surface area contributed by atoms with E-state index in [-0.39, 0.29) is 19.0 Å². The number of hydrogen-bond acceptors (Lipinski definition) is 4. The third kappa shape index (κ3) is 2.62. The van der Waals surface area contributed by atoms with Gasteiger partial charge in [0.1, 0.15) is 10.6 Å². The molecular weight excluding hydrogens is 295 g/mol. The average Bonchev–Trinajstić information content (AvgIpc) is 2.85. The number of thiophene rings is 1. The molecule has 1 saturated heterocycles. The first kappa shape index (κ1) is 15.1. The highest BCUT2D eigenvalue weighted by molar-refractivity contribution is 7.12. The summed E-state index contributed by atoms with van der Waals surface area (Å²) in [6.45, 7) is -0.258. The van der Waals surface area contributed by atoms with Crippen molar-refractivity contribution >= 4 is 17.2 Å². The van der Waals surface area contributed by atoms with Gasteiger partial charge in [-0.05, 0) is 11.4 Å². The van der Waals surface area contributed by atoms with Crippen LogP contribution >= 0.6 is 11.3 Å². The molecule has 1 aromatic heterocycles. The van der Waals surface area contributed by atoms with Crippen molar-refractivity contribution in [3.8, 4) is 5.75 Å². The second-order valence-corrected chi connectivity index (χ2v) is 5.56. The zero-order valence-electron chi connectivity index (χ0n) is 10.7. The minimum atomic E-state index is -4.66. The van der Waals surface area contributed by atoms with E-state index in [2.05, 4.69) is 0 Å². The summed E-state index contributed by atoms with van der Waals surface area (Å²) < 4.78 is 43.0. The van der Waals surface area contributed by atoms with E-state index in [0.717, 1.165) is 0 Å². The molecule has 0 spiro atoms. The maximum Gasteiger partial charge on any atom is 0.417 e. The van der Waals surface area contributed by atoms with Crippen molar-refractivity contribution in [2.75, 3.05) is 20.2 Å². The van der Waals surface area contributed by atoms with Crippen molar-refractivity contribution in [1.82, 2.24) is 4.90 Å². The van der Waals surface area contributed by atoms with Crippen molar-refractivity contribution in [1.29, 1.82) is 0 Å². The van der Waals surface area contributed by atoms with Crippen LogP contribution in [-0.2, 0) is 0 Å². The van der Waals surface area contributed by atoms with Crippen molar-refractivity contribution in [2.24, 2.45) is 0 Å². The fraction of sp³-hybridized carbons (Fsp3) is 0.583. The zero-order valence-corrected chi connectivity index (χ0v) is 11.6. The quantitative estimate of drug-likeness (QED) is 0.912. The molecule has 0 aliphatic carbocycles. The Labute approximate surface area is 117 Å². The summed E-state index contributed by atoms with van der Waals surface area (Å²) in [6, 6.07) is 1.63. The van der Waals surface area contributed by atoms with Crippen LogP contribution in [0.15, 0.2) is 11.4 Å². The minimum absolute atomic E-state index is 0.129. The minimum Gasteiger partial charge on any atom is -0.495 e. The Hall–Kier alpha value is -1.28.